The summed E-state index contributed by atoms with van der Waals surface area (Å²) >= 11 is 18.6. The fourth-order valence-electron chi connectivity index (χ4n) is 2.12. The molecule has 0 aromatic heterocycles. The van der Waals surface area contributed by atoms with Crippen molar-refractivity contribution in [3.63, 3.8) is 0 Å². The number of ether oxygens (including phenoxy) is 1. The van der Waals surface area contributed by atoms with Crippen LogP contribution < -0.4 is 15.4 Å². The average Bonchev–Trinajstić information content (AvgIpc) is 2.54. The van der Waals surface area contributed by atoms with Gasteiger partial charge in [0.2, 0.25) is 0 Å². The lowest BCUT2D eigenvalue weighted by molar-refractivity contribution is -0.137. The zero-order valence-electron chi connectivity index (χ0n) is 13.4. The molecule has 0 spiro atoms. The Bertz CT molecular complexity index is 910. The summed E-state index contributed by atoms with van der Waals surface area (Å²) in [5.74, 6) is -0.681. The van der Waals surface area contributed by atoms with Crippen molar-refractivity contribution in [3.05, 3.63) is 55.1 Å². The summed E-state index contributed by atoms with van der Waals surface area (Å²) in [6, 6.07) is 6.35. The smallest absolute Gasteiger partial charge is 0.418 e. The quantitative estimate of drug-likeness (QED) is 0.379. The molecule has 27 heavy (non-hydrogen) atoms. The summed E-state index contributed by atoms with van der Waals surface area (Å²) in [6.07, 6.45) is -4.59. The number of thiocarbonyl (C=S) groups is 1. The molecule has 2 aromatic carbocycles. The van der Waals surface area contributed by atoms with E-state index in [1.165, 1.54) is 31.4 Å². The molecule has 0 fully saturated rings. The summed E-state index contributed by atoms with van der Waals surface area (Å²) in [5, 5.41) is 4.62. The molecule has 0 radical (unpaired) electrons. The molecule has 11 heteroatoms. The van der Waals surface area contributed by atoms with Crippen molar-refractivity contribution in [2.45, 2.75) is 6.18 Å². The van der Waals surface area contributed by atoms with E-state index in [1.54, 1.807) is 22.6 Å². The Morgan fingerprint density at radius 2 is 1.89 bits per heavy atom. The Hall–Kier alpha value is -1.30. The summed E-state index contributed by atoms with van der Waals surface area (Å²) < 4.78 is 45.0. The maximum absolute atomic E-state index is 13.2. The maximum atomic E-state index is 13.2. The summed E-state index contributed by atoms with van der Waals surface area (Å²) in [7, 11) is 1.31. The lowest BCUT2D eigenvalue weighted by atomic mass is 10.1. The Labute approximate surface area is 181 Å². The van der Waals surface area contributed by atoms with Crippen LogP contribution in [0.25, 0.3) is 0 Å². The van der Waals surface area contributed by atoms with E-state index in [9.17, 15) is 18.0 Å². The molecular weight excluding hydrogens is 539 g/mol. The second-order valence-electron chi connectivity index (χ2n) is 5.06. The highest BCUT2D eigenvalue weighted by Crippen LogP contribution is 2.36. The van der Waals surface area contributed by atoms with Gasteiger partial charge in [-0.1, -0.05) is 23.2 Å². The van der Waals surface area contributed by atoms with E-state index in [1.807, 2.05) is 0 Å². The van der Waals surface area contributed by atoms with E-state index >= 15 is 0 Å². The van der Waals surface area contributed by atoms with Crippen LogP contribution in [0.15, 0.2) is 30.3 Å². The van der Waals surface area contributed by atoms with Crippen molar-refractivity contribution < 1.29 is 22.7 Å². The van der Waals surface area contributed by atoms with Gasteiger partial charge in [0.15, 0.2) is 5.11 Å². The Morgan fingerprint density at radius 3 is 2.48 bits per heavy atom. The van der Waals surface area contributed by atoms with Gasteiger partial charge in [-0.25, -0.2) is 0 Å². The van der Waals surface area contributed by atoms with Crippen LogP contribution in [-0.4, -0.2) is 18.1 Å². The van der Waals surface area contributed by atoms with Crippen LogP contribution in [0.4, 0.5) is 18.9 Å². The largest absolute Gasteiger partial charge is 0.494 e. The van der Waals surface area contributed by atoms with E-state index in [2.05, 4.69) is 10.6 Å². The Kier molecular flexibility index (Phi) is 7.17. The predicted molar refractivity (Wildman–Crippen MR) is 111 cm³/mol. The van der Waals surface area contributed by atoms with Crippen LogP contribution in [0.2, 0.25) is 10.0 Å². The van der Waals surface area contributed by atoms with Crippen molar-refractivity contribution in [1.29, 1.82) is 0 Å². The topological polar surface area (TPSA) is 50.4 Å². The zero-order chi connectivity index (χ0) is 20.4. The number of halogens is 6. The summed E-state index contributed by atoms with van der Waals surface area (Å²) in [5.41, 5.74) is -1.21. The number of anilines is 1. The molecule has 2 rings (SSSR count). The molecule has 0 saturated carbocycles. The summed E-state index contributed by atoms with van der Waals surface area (Å²) in [4.78, 5) is 12.4. The van der Waals surface area contributed by atoms with Crippen LogP contribution in [0.5, 0.6) is 5.75 Å². The highest BCUT2D eigenvalue weighted by Gasteiger charge is 2.34. The van der Waals surface area contributed by atoms with Crippen LogP contribution in [-0.2, 0) is 6.18 Å². The standard InChI is InChI=1S/C16H10Cl2F3IN2O2S/c1-26-13-9(4-7(17)5-11(13)18)14(25)24-15(27)23-12-3-2-8(22)6-10(12)16(19,20)21/h2-6H,1H3,(H2,23,24,25,27). The first kappa shape index (κ1) is 22.0. The predicted octanol–water partition coefficient (Wildman–Crippen LogP) is 5.75. The number of rotatable bonds is 3. The molecule has 0 heterocycles. The average molecular weight is 549 g/mol. The van der Waals surface area contributed by atoms with E-state index in [-0.39, 0.29) is 32.2 Å². The molecule has 0 aliphatic carbocycles. The summed E-state index contributed by atoms with van der Waals surface area (Å²) in [6.45, 7) is 0. The number of benzene rings is 2. The van der Waals surface area contributed by atoms with E-state index in [4.69, 9.17) is 40.2 Å². The van der Waals surface area contributed by atoms with Gasteiger partial charge < -0.3 is 10.1 Å². The zero-order valence-corrected chi connectivity index (χ0v) is 17.9. The van der Waals surface area contributed by atoms with Gasteiger partial charge in [-0.15, -0.1) is 0 Å². The van der Waals surface area contributed by atoms with Gasteiger partial charge in [-0.3, -0.25) is 10.1 Å². The third-order valence-electron chi connectivity index (χ3n) is 3.22. The van der Waals surface area contributed by atoms with E-state index in [0.29, 0.717) is 3.57 Å². The number of carbonyl (C=O) groups is 1. The highest BCUT2D eigenvalue weighted by molar-refractivity contribution is 14.1. The first-order chi connectivity index (χ1) is 12.5. The highest BCUT2D eigenvalue weighted by atomic mass is 127. The van der Waals surface area contributed by atoms with Crippen LogP contribution in [0, 0.1) is 3.57 Å². The third-order valence-corrected chi connectivity index (χ3v) is 4.59. The molecule has 2 N–H and O–H groups in total. The van der Waals surface area contributed by atoms with Gasteiger partial charge in [-0.05, 0) is 65.1 Å². The first-order valence-electron chi connectivity index (χ1n) is 7.05. The molecule has 2 aromatic rings. The molecule has 144 valence electrons. The molecule has 0 saturated heterocycles. The van der Waals surface area contributed by atoms with Crippen molar-refractivity contribution in [2.24, 2.45) is 0 Å². The molecule has 0 unspecified atom stereocenters. The first-order valence-corrected chi connectivity index (χ1v) is 9.29. The minimum atomic E-state index is -4.59. The Balaban J connectivity index is 2.24. The maximum Gasteiger partial charge on any atom is 0.418 e. The number of hydrogen-bond donors (Lipinski definition) is 2. The number of carbonyl (C=O) groups excluding carboxylic acids is 1. The second-order valence-corrected chi connectivity index (χ2v) is 7.56. The van der Waals surface area contributed by atoms with Gasteiger partial charge in [0.25, 0.3) is 5.91 Å². The molecule has 0 aliphatic rings. The van der Waals surface area contributed by atoms with Gasteiger partial charge in [0.05, 0.1) is 28.9 Å². The van der Waals surface area contributed by atoms with Crippen LogP contribution in [0.1, 0.15) is 15.9 Å². The van der Waals surface area contributed by atoms with Gasteiger partial charge in [-0.2, -0.15) is 13.2 Å². The second kappa shape index (κ2) is 8.80. The molecule has 1 amide bonds. The molecule has 0 atom stereocenters. The SMILES string of the molecule is COc1c(Cl)cc(Cl)cc1C(=O)NC(=S)Nc1ccc(I)cc1C(F)(F)F. The van der Waals surface area contributed by atoms with Crippen LogP contribution >= 0.6 is 58.0 Å². The minimum Gasteiger partial charge on any atom is -0.494 e. The number of nitrogens with one attached hydrogen (secondary N) is 2. The minimum absolute atomic E-state index is 0.0159. The lowest BCUT2D eigenvalue weighted by Crippen LogP contribution is -2.35. The number of hydrogen-bond acceptors (Lipinski definition) is 3. The normalized spacial score (nSPS) is 11.1. The fourth-order valence-corrected chi connectivity index (χ4v) is 3.38. The monoisotopic (exact) mass is 548 g/mol. The van der Waals surface area contributed by atoms with E-state index in [0.717, 1.165) is 6.07 Å². The lowest BCUT2D eigenvalue weighted by Gasteiger charge is -2.16. The van der Waals surface area contributed by atoms with Crippen molar-refractivity contribution >= 4 is 74.7 Å². The van der Waals surface area contributed by atoms with Crippen molar-refractivity contribution in [2.75, 3.05) is 12.4 Å². The van der Waals surface area contributed by atoms with Crippen molar-refractivity contribution in [3.8, 4) is 5.75 Å². The fraction of sp³-hybridized carbons (Fsp3) is 0.125. The van der Waals surface area contributed by atoms with Gasteiger partial charge >= 0.3 is 6.18 Å². The number of amides is 1. The van der Waals surface area contributed by atoms with Gasteiger partial charge in [0.1, 0.15) is 5.75 Å². The molecular formula is C16H10Cl2F3IN2O2S. The van der Waals surface area contributed by atoms with Gasteiger partial charge in [0, 0.05) is 8.59 Å². The molecule has 4 nitrogen and oxygen atoms in total. The third kappa shape index (κ3) is 5.59. The van der Waals surface area contributed by atoms with Crippen molar-refractivity contribution in [1.82, 2.24) is 5.32 Å². The Morgan fingerprint density at radius 1 is 1.22 bits per heavy atom. The number of alkyl halides is 3. The number of methoxy groups -OCH3 is 1. The van der Waals surface area contributed by atoms with Crippen LogP contribution in [0.3, 0.4) is 0 Å². The van der Waals surface area contributed by atoms with E-state index < -0.39 is 17.6 Å². The molecule has 0 bridgehead atoms. The molecule has 0 aliphatic heterocycles.